The zero-order valence-electron chi connectivity index (χ0n) is 17.2. The maximum atomic E-state index is 13.2. The molecule has 0 bridgehead atoms. The number of benzene rings is 3. The number of carbonyl (C=O) groups excluding carboxylic acids is 1. The largest absolute Gasteiger partial charge is 0.493 e. The molecule has 1 heterocycles. The summed E-state index contributed by atoms with van der Waals surface area (Å²) in [6, 6.07) is 19.8. The van der Waals surface area contributed by atoms with Crippen LogP contribution in [0.1, 0.15) is 40.5 Å². The molecule has 0 spiro atoms. The SMILES string of the molecule is COc1cc([C@@H]2Nc3ccccc3C(=O)N2C2CC2)ccc1OCc1ccc(F)cc1. The summed E-state index contributed by atoms with van der Waals surface area (Å²) >= 11 is 0. The Bertz CT molecular complexity index is 1110. The average Bonchev–Trinajstić information content (AvgIpc) is 3.63. The first-order valence-electron chi connectivity index (χ1n) is 10.4. The molecule has 1 saturated carbocycles. The summed E-state index contributed by atoms with van der Waals surface area (Å²) in [6.07, 6.45) is 1.76. The van der Waals surface area contributed by atoms with E-state index in [1.807, 2.05) is 47.4 Å². The Balaban J connectivity index is 1.42. The van der Waals surface area contributed by atoms with Gasteiger partial charge >= 0.3 is 0 Å². The highest BCUT2D eigenvalue weighted by molar-refractivity contribution is 6.02. The van der Waals surface area contributed by atoms with Crippen molar-refractivity contribution in [2.45, 2.75) is 31.7 Å². The van der Waals surface area contributed by atoms with Crippen molar-refractivity contribution < 1.29 is 18.7 Å². The quantitative estimate of drug-likeness (QED) is 0.602. The minimum Gasteiger partial charge on any atom is -0.493 e. The van der Waals surface area contributed by atoms with Gasteiger partial charge in [0, 0.05) is 11.7 Å². The summed E-state index contributed by atoms with van der Waals surface area (Å²) in [4.78, 5) is 15.1. The van der Waals surface area contributed by atoms with Gasteiger partial charge in [-0.2, -0.15) is 0 Å². The van der Waals surface area contributed by atoms with Gasteiger partial charge in [0.25, 0.3) is 5.91 Å². The number of ether oxygens (including phenoxy) is 2. The number of fused-ring (bicyclic) bond motifs is 1. The van der Waals surface area contributed by atoms with Gasteiger partial charge in [-0.15, -0.1) is 0 Å². The Hall–Kier alpha value is -3.54. The van der Waals surface area contributed by atoms with E-state index in [9.17, 15) is 9.18 Å². The Morgan fingerprint density at radius 3 is 2.55 bits per heavy atom. The maximum Gasteiger partial charge on any atom is 0.258 e. The predicted octanol–water partition coefficient (Wildman–Crippen LogP) is 5.14. The molecule has 1 atom stereocenters. The van der Waals surface area contributed by atoms with Crippen molar-refractivity contribution in [3.63, 3.8) is 0 Å². The molecule has 3 aromatic carbocycles. The Morgan fingerprint density at radius 2 is 1.81 bits per heavy atom. The van der Waals surface area contributed by atoms with Crippen LogP contribution in [0.15, 0.2) is 66.7 Å². The number of para-hydroxylation sites is 1. The third kappa shape index (κ3) is 3.81. The normalized spacial score (nSPS) is 17.7. The maximum absolute atomic E-state index is 13.2. The van der Waals surface area contributed by atoms with Crippen molar-refractivity contribution in [1.82, 2.24) is 4.90 Å². The number of carbonyl (C=O) groups is 1. The Morgan fingerprint density at radius 1 is 1.03 bits per heavy atom. The first-order valence-corrected chi connectivity index (χ1v) is 10.4. The fourth-order valence-corrected chi connectivity index (χ4v) is 3.96. The molecule has 1 aliphatic heterocycles. The van der Waals surface area contributed by atoms with E-state index in [0.717, 1.165) is 29.7 Å². The fraction of sp³-hybridized carbons (Fsp3) is 0.240. The second kappa shape index (κ2) is 7.95. The van der Waals surface area contributed by atoms with Crippen LogP contribution in [0.5, 0.6) is 11.5 Å². The van der Waals surface area contributed by atoms with E-state index in [-0.39, 0.29) is 23.9 Å². The van der Waals surface area contributed by atoms with Crippen molar-refractivity contribution in [2.75, 3.05) is 12.4 Å². The van der Waals surface area contributed by atoms with Crippen molar-refractivity contribution in [2.24, 2.45) is 0 Å². The lowest BCUT2D eigenvalue weighted by Crippen LogP contribution is -2.44. The van der Waals surface area contributed by atoms with Crippen LogP contribution in [0.2, 0.25) is 0 Å². The smallest absolute Gasteiger partial charge is 0.258 e. The van der Waals surface area contributed by atoms with Gasteiger partial charge in [0.2, 0.25) is 0 Å². The van der Waals surface area contributed by atoms with Gasteiger partial charge in [0.05, 0.1) is 12.7 Å². The molecule has 5 nitrogen and oxygen atoms in total. The lowest BCUT2D eigenvalue weighted by molar-refractivity contribution is 0.0666. The van der Waals surface area contributed by atoms with Crippen LogP contribution in [0.3, 0.4) is 0 Å². The second-order valence-electron chi connectivity index (χ2n) is 7.86. The molecule has 6 heteroatoms. The van der Waals surface area contributed by atoms with Crippen molar-refractivity contribution in [3.05, 3.63) is 89.2 Å². The minimum atomic E-state index is -0.276. The van der Waals surface area contributed by atoms with E-state index in [4.69, 9.17) is 9.47 Å². The van der Waals surface area contributed by atoms with Crippen LogP contribution in [0, 0.1) is 5.82 Å². The Kier molecular flexibility index (Phi) is 4.98. The molecule has 5 rings (SSSR count). The number of halogens is 1. The van der Waals surface area contributed by atoms with Crippen molar-refractivity contribution >= 4 is 11.6 Å². The van der Waals surface area contributed by atoms with E-state index in [0.29, 0.717) is 23.7 Å². The number of rotatable bonds is 6. The number of anilines is 1. The number of methoxy groups -OCH3 is 1. The third-order valence-corrected chi connectivity index (χ3v) is 5.71. The number of hydrogen-bond donors (Lipinski definition) is 1. The van der Waals surface area contributed by atoms with Crippen LogP contribution in [-0.4, -0.2) is 24.0 Å². The highest BCUT2D eigenvalue weighted by atomic mass is 19.1. The molecule has 0 aromatic heterocycles. The first-order chi connectivity index (χ1) is 15.1. The molecule has 1 amide bonds. The second-order valence-corrected chi connectivity index (χ2v) is 7.86. The molecule has 1 aliphatic carbocycles. The average molecular weight is 418 g/mol. The number of amides is 1. The van der Waals surface area contributed by atoms with Gasteiger partial charge in [-0.1, -0.05) is 30.3 Å². The van der Waals surface area contributed by atoms with Gasteiger partial charge < -0.3 is 19.7 Å². The van der Waals surface area contributed by atoms with Gasteiger partial charge in [0.15, 0.2) is 11.5 Å². The third-order valence-electron chi connectivity index (χ3n) is 5.71. The zero-order chi connectivity index (χ0) is 21.4. The molecule has 1 fully saturated rings. The van der Waals surface area contributed by atoms with Gasteiger partial charge in [-0.3, -0.25) is 4.79 Å². The summed E-state index contributed by atoms with van der Waals surface area (Å²) in [5.74, 6) is 0.957. The fourth-order valence-electron chi connectivity index (χ4n) is 3.96. The van der Waals surface area contributed by atoms with Crippen molar-refractivity contribution in [3.8, 4) is 11.5 Å². The highest BCUT2D eigenvalue weighted by Crippen LogP contribution is 2.42. The van der Waals surface area contributed by atoms with Crippen LogP contribution >= 0.6 is 0 Å². The topological polar surface area (TPSA) is 50.8 Å². The van der Waals surface area contributed by atoms with E-state index >= 15 is 0 Å². The zero-order valence-corrected chi connectivity index (χ0v) is 17.2. The van der Waals surface area contributed by atoms with E-state index in [1.54, 1.807) is 19.2 Å². The predicted molar refractivity (Wildman–Crippen MR) is 116 cm³/mol. The van der Waals surface area contributed by atoms with Crippen LogP contribution in [-0.2, 0) is 6.61 Å². The van der Waals surface area contributed by atoms with E-state index in [1.165, 1.54) is 12.1 Å². The molecule has 0 radical (unpaired) electrons. The Labute approximate surface area is 180 Å². The van der Waals surface area contributed by atoms with Crippen LogP contribution in [0.25, 0.3) is 0 Å². The van der Waals surface area contributed by atoms with E-state index < -0.39 is 0 Å². The standard InChI is InChI=1S/C25H23FN2O3/c1-30-23-14-17(8-13-22(23)31-15-16-6-9-18(26)10-7-16)24-27-21-5-3-2-4-20(21)25(29)28(24)19-11-12-19/h2-10,13-14,19,24,27H,11-12,15H2,1H3/t24-/m1/s1. The molecule has 0 unspecified atom stereocenters. The van der Waals surface area contributed by atoms with Crippen LogP contribution < -0.4 is 14.8 Å². The molecule has 2 aliphatic rings. The van der Waals surface area contributed by atoms with Crippen molar-refractivity contribution in [1.29, 1.82) is 0 Å². The first kappa shape index (κ1) is 19.4. The number of nitrogens with zero attached hydrogens (tertiary/aromatic N) is 1. The summed E-state index contributed by atoms with van der Waals surface area (Å²) in [5, 5.41) is 3.52. The van der Waals surface area contributed by atoms with Gasteiger partial charge in [-0.25, -0.2) is 4.39 Å². The summed E-state index contributed by atoms with van der Waals surface area (Å²) < 4.78 is 24.6. The van der Waals surface area contributed by atoms with Crippen LogP contribution in [0.4, 0.5) is 10.1 Å². The monoisotopic (exact) mass is 418 g/mol. The number of nitrogens with one attached hydrogen (secondary N) is 1. The molecular formula is C25H23FN2O3. The summed E-state index contributed by atoms with van der Waals surface area (Å²) in [7, 11) is 1.59. The number of hydrogen-bond acceptors (Lipinski definition) is 4. The highest BCUT2D eigenvalue weighted by Gasteiger charge is 2.42. The van der Waals surface area contributed by atoms with Gasteiger partial charge in [0.1, 0.15) is 18.6 Å². The molecule has 1 N–H and O–H groups in total. The lowest BCUT2D eigenvalue weighted by Gasteiger charge is -2.38. The molecule has 3 aromatic rings. The summed E-state index contributed by atoms with van der Waals surface area (Å²) in [6.45, 7) is 0.303. The minimum absolute atomic E-state index is 0.0532. The van der Waals surface area contributed by atoms with Gasteiger partial charge in [-0.05, 0) is 60.4 Å². The molecule has 0 saturated heterocycles. The molecule has 31 heavy (non-hydrogen) atoms. The molecular weight excluding hydrogens is 395 g/mol. The molecule has 158 valence electrons. The van der Waals surface area contributed by atoms with E-state index in [2.05, 4.69) is 5.32 Å². The lowest BCUT2D eigenvalue weighted by atomic mass is 10.0. The summed E-state index contributed by atoms with van der Waals surface area (Å²) in [5.41, 5.74) is 3.34.